The summed E-state index contributed by atoms with van der Waals surface area (Å²) in [4.78, 5) is 2.49. The van der Waals surface area contributed by atoms with E-state index in [1.807, 2.05) is 19.2 Å². The number of allylic oxidation sites excluding steroid dienone is 1. The lowest BCUT2D eigenvalue weighted by molar-refractivity contribution is 0.0564. The number of nitrogens with zero attached hydrogens (tertiary/aromatic N) is 1. The lowest BCUT2D eigenvalue weighted by atomic mass is 9.88. The SMILES string of the molecule is CC/C(=C(\c1ccc(O)cc1)c1ccc(N2CCC(C(C)OC)CC2)cc1)c1ccccc1. The van der Waals surface area contributed by atoms with Gasteiger partial charge in [0.05, 0.1) is 6.10 Å². The summed E-state index contributed by atoms with van der Waals surface area (Å²) in [7, 11) is 1.81. The Morgan fingerprint density at radius 1 is 0.879 bits per heavy atom. The van der Waals surface area contributed by atoms with Gasteiger partial charge < -0.3 is 14.7 Å². The van der Waals surface area contributed by atoms with Crippen LogP contribution in [-0.2, 0) is 4.74 Å². The van der Waals surface area contributed by atoms with Crippen molar-refractivity contribution in [2.45, 2.75) is 39.2 Å². The minimum Gasteiger partial charge on any atom is -0.508 e. The molecule has 172 valence electrons. The van der Waals surface area contributed by atoms with Crippen LogP contribution >= 0.6 is 0 Å². The van der Waals surface area contributed by atoms with Gasteiger partial charge in [-0.05, 0) is 84.2 Å². The van der Waals surface area contributed by atoms with Gasteiger partial charge in [0.1, 0.15) is 5.75 Å². The van der Waals surface area contributed by atoms with E-state index in [0.29, 0.717) is 12.0 Å². The van der Waals surface area contributed by atoms with Crippen molar-refractivity contribution >= 4 is 16.8 Å². The van der Waals surface area contributed by atoms with Crippen LogP contribution in [0.1, 0.15) is 49.8 Å². The van der Waals surface area contributed by atoms with E-state index in [2.05, 4.69) is 73.3 Å². The second kappa shape index (κ2) is 10.7. The molecule has 1 saturated heterocycles. The van der Waals surface area contributed by atoms with E-state index < -0.39 is 0 Å². The number of phenolic OH excluding ortho intramolecular Hbond substituents is 1. The number of aromatic hydroxyl groups is 1. The number of rotatable bonds is 7. The van der Waals surface area contributed by atoms with E-state index in [1.54, 1.807) is 12.1 Å². The fourth-order valence-corrected chi connectivity index (χ4v) is 4.97. The van der Waals surface area contributed by atoms with Crippen molar-refractivity contribution in [3.63, 3.8) is 0 Å². The largest absolute Gasteiger partial charge is 0.508 e. The van der Waals surface area contributed by atoms with Crippen LogP contribution in [-0.4, -0.2) is 31.4 Å². The minimum absolute atomic E-state index is 0.289. The highest BCUT2D eigenvalue weighted by Gasteiger charge is 2.24. The van der Waals surface area contributed by atoms with Gasteiger partial charge in [-0.25, -0.2) is 0 Å². The summed E-state index contributed by atoms with van der Waals surface area (Å²) < 4.78 is 5.55. The lowest BCUT2D eigenvalue weighted by Crippen LogP contribution is -2.37. The standard InChI is InChI=1S/C30H35NO2/c1-4-29(24-8-6-5-7-9-24)30(26-12-16-28(32)17-13-26)25-10-14-27(15-11-25)31-20-18-23(19-21-31)22(2)33-3/h5-17,22-23,32H,4,18-21H2,1-3H3/b30-29+. The molecule has 0 aliphatic carbocycles. The molecule has 0 aromatic heterocycles. The monoisotopic (exact) mass is 441 g/mol. The third-order valence-electron chi connectivity index (χ3n) is 7.03. The zero-order chi connectivity index (χ0) is 23.2. The van der Waals surface area contributed by atoms with E-state index in [1.165, 1.54) is 40.8 Å². The highest BCUT2D eigenvalue weighted by Crippen LogP contribution is 2.36. The molecule has 0 radical (unpaired) electrons. The first-order valence-corrected chi connectivity index (χ1v) is 12.1. The number of phenols is 1. The van der Waals surface area contributed by atoms with E-state index in [4.69, 9.17) is 4.74 Å². The van der Waals surface area contributed by atoms with Crippen molar-refractivity contribution in [3.8, 4) is 5.75 Å². The van der Waals surface area contributed by atoms with Crippen LogP contribution in [0.25, 0.3) is 11.1 Å². The maximum absolute atomic E-state index is 9.84. The average molecular weight is 442 g/mol. The van der Waals surface area contributed by atoms with Gasteiger partial charge in [0.15, 0.2) is 0 Å². The predicted molar refractivity (Wildman–Crippen MR) is 139 cm³/mol. The van der Waals surface area contributed by atoms with Gasteiger partial charge >= 0.3 is 0 Å². The number of piperidine rings is 1. The van der Waals surface area contributed by atoms with Gasteiger partial charge in [0.25, 0.3) is 0 Å². The van der Waals surface area contributed by atoms with Gasteiger partial charge in [0.2, 0.25) is 0 Å². The number of anilines is 1. The number of benzene rings is 3. The molecule has 1 aliphatic heterocycles. The Bertz CT molecular complexity index is 1050. The van der Waals surface area contributed by atoms with E-state index in [-0.39, 0.29) is 5.75 Å². The van der Waals surface area contributed by atoms with Crippen molar-refractivity contribution in [3.05, 3.63) is 95.6 Å². The number of ether oxygens (including phenoxy) is 1. The molecule has 0 amide bonds. The molecule has 1 unspecified atom stereocenters. The molecule has 0 saturated carbocycles. The van der Waals surface area contributed by atoms with Crippen LogP contribution in [0, 0.1) is 5.92 Å². The summed E-state index contributed by atoms with van der Waals surface area (Å²) in [5, 5.41) is 9.84. The summed E-state index contributed by atoms with van der Waals surface area (Å²) in [6, 6.07) is 27.2. The molecule has 1 N–H and O–H groups in total. The fourth-order valence-electron chi connectivity index (χ4n) is 4.97. The molecule has 0 spiro atoms. The first-order chi connectivity index (χ1) is 16.1. The molecule has 1 heterocycles. The lowest BCUT2D eigenvalue weighted by Gasteiger charge is -2.35. The van der Waals surface area contributed by atoms with Crippen LogP contribution in [0.4, 0.5) is 5.69 Å². The molecule has 1 aliphatic rings. The van der Waals surface area contributed by atoms with Crippen LogP contribution in [0.15, 0.2) is 78.9 Å². The molecule has 1 fully saturated rings. The van der Waals surface area contributed by atoms with Crippen molar-refractivity contribution in [1.29, 1.82) is 0 Å². The van der Waals surface area contributed by atoms with Crippen LogP contribution in [0.2, 0.25) is 0 Å². The zero-order valence-electron chi connectivity index (χ0n) is 20.0. The van der Waals surface area contributed by atoms with Crippen LogP contribution in [0.3, 0.4) is 0 Å². The molecular formula is C30H35NO2. The molecule has 3 nitrogen and oxygen atoms in total. The van der Waals surface area contributed by atoms with Gasteiger partial charge in [-0.15, -0.1) is 0 Å². The van der Waals surface area contributed by atoms with E-state index >= 15 is 0 Å². The molecule has 0 bridgehead atoms. The molecule has 1 atom stereocenters. The highest BCUT2D eigenvalue weighted by atomic mass is 16.5. The van der Waals surface area contributed by atoms with E-state index in [0.717, 1.165) is 25.1 Å². The Labute approximate surface area is 198 Å². The molecule has 4 rings (SSSR count). The predicted octanol–water partition coefficient (Wildman–Crippen LogP) is 7.01. The summed E-state index contributed by atoms with van der Waals surface area (Å²) >= 11 is 0. The number of methoxy groups -OCH3 is 1. The smallest absolute Gasteiger partial charge is 0.115 e. The average Bonchev–Trinajstić information content (AvgIpc) is 2.88. The second-order valence-electron chi connectivity index (χ2n) is 8.93. The van der Waals surface area contributed by atoms with Gasteiger partial charge in [-0.1, -0.05) is 61.5 Å². The maximum Gasteiger partial charge on any atom is 0.115 e. The van der Waals surface area contributed by atoms with Crippen LogP contribution in [0.5, 0.6) is 5.75 Å². The first-order valence-electron chi connectivity index (χ1n) is 12.1. The maximum atomic E-state index is 9.84. The zero-order valence-corrected chi connectivity index (χ0v) is 20.0. The van der Waals surface area contributed by atoms with E-state index in [9.17, 15) is 5.11 Å². The molecule has 3 heteroatoms. The van der Waals surface area contributed by atoms with Crippen molar-refractivity contribution in [1.82, 2.24) is 0 Å². The molecular weight excluding hydrogens is 406 g/mol. The van der Waals surface area contributed by atoms with Gasteiger partial charge in [-0.3, -0.25) is 0 Å². The van der Waals surface area contributed by atoms with Gasteiger partial charge in [0, 0.05) is 25.9 Å². The summed E-state index contributed by atoms with van der Waals surface area (Å²) in [6.45, 7) is 6.54. The Morgan fingerprint density at radius 2 is 1.45 bits per heavy atom. The Hall–Kier alpha value is -3.04. The van der Waals surface area contributed by atoms with Crippen LogP contribution < -0.4 is 4.90 Å². The quantitative estimate of drug-likeness (QED) is 0.400. The topological polar surface area (TPSA) is 32.7 Å². The third-order valence-corrected chi connectivity index (χ3v) is 7.03. The normalized spacial score (nSPS) is 16.4. The fraction of sp³-hybridized carbons (Fsp3) is 0.333. The number of hydrogen-bond donors (Lipinski definition) is 1. The minimum atomic E-state index is 0.289. The molecule has 33 heavy (non-hydrogen) atoms. The Morgan fingerprint density at radius 3 is 2.00 bits per heavy atom. The first kappa shape index (κ1) is 23.1. The number of hydrogen-bond acceptors (Lipinski definition) is 3. The Kier molecular flexibility index (Phi) is 7.51. The van der Waals surface area contributed by atoms with Crippen molar-refractivity contribution in [2.75, 3.05) is 25.1 Å². The summed E-state index contributed by atoms with van der Waals surface area (Å²) in [6.07, 6.45) is 3.60. The van der Waals surface area contributed by atoms with Crippen molar-refractivity contribution < 1.29 is 9.84 Å². The molecule has 3 aromatic rings. The van der Waals surface area contributed by atoms with Gasteiger partial charge in [-0.2, -0.15) is 0 Å². The molecule has 3 aromatic carbocycles. The van der Waals surface area contributed by atoms with Crippen molar-refractivity contribution in [2.24, 2.45) is 5.92 Å². The highest BCUT2D eigenvalue weighted by molar-refractivity contribution is 5.98. The summed E-state index contributed by atoms with van der Waals surface area (Å²) in [5.41, 5.74) is 7.38. The third kappa shape index (κ3) is 5.31. The second-order valence-corrected chi connectivity index (χ2v) is 8.93. The summed E-state index contributed by atoms with van der Waals surface area (Å²) in [5.74, 6) is 0.935. The Balaban J connectivity index is 1.66.